The zero-order valence-electron chi connectivity index (χ0n) is 18.9. The monoisotopic (exact) mass is 520 g/mol. The maximum absolute atomic E-state index is 13.3. The van der Waals surface area contributed by atoms with Crippen molar-refractivity contribution in [1.29, 1.82) is 5.26 Å². The van der Waals surface area contributed by atoms with Gasteiger partial charge in [0.05, 0.1) is 23.5 Å². The molecule has 1 aliphatic heterocycles. The van der Waals surface area contributed by atoms with Crippen LogP contribution in [0.25, 0.3) is 0 Å². The second-order valence-corrected chi connectivity index (χ2v) is 8.19. The first-order chi connectivity index (χ1) is 17.5. The van der Waals surface area contributed by atoms with Crippen molar-refractivity contribution in [3.05, 3.63) is 88.6 Å². The molecule has 6 nitrogen and oxygen atoms in total. The van der Waals surface area contributed by atoms with E-state index >= 15 is 0 Å². The molecule has 1 aliphatic rings. The zero-order chi connectivity index (χ0) is 26.8. The van der Waals surface area contributed by atoms with Gasteiger partial charge in [0, 0.05) is 6.54 Å². The number of alkyl halides is 6. The quantitative estimate of drug-likeness (QED) is 0.422. The molecule has 1 atom stereocenters. The lowest BCUT2D eigenvalue weighted by Crippen LogP contribution is -2.43. The molecule has 1 aromatic heterocycles. The van der Waals surface area contributed by atoms with E-state index in [1.807, 2.05) is 12.1 Å². The number of benzene rings is 2. The van der Waals surface area contributed by atoms with E-state index in [1.165, 1.54) is 17.0 Å². The number of halogens is 6. The topological polar surface area (TPSA) is 78.3 Å². The standard InChI is InChI=1S/C25H18F6N4O2/c26-24(27,28)14-37-22-17(12-32)11-19(13-33-22)34-23(36)35-10-9-15-3-1-2-4-20(15)21(35)16-5-7-18(8-6-16)25(29,30)31/h1-8,11,13,21H,9-10,14H2,(H,34,36)/t21-/m1/s1. The Morgan fingerprint density at radius 3 is 2.46 bits per heavy atom. The number of hydrogen-bond donors (Lipinski definition) is 1. The maximum Gasteiger partial charge on any atom is 0.422 e. The Bertz CT molecular complexity index is 1330. The van der Waals surface area contributed by atoms with Gasteiger partial charge in [-0.25, -0.2) is 9.78 Å². The van der Waals surface area contributed by atoms with Gasteiger partial charge < -0.3 is 15.0 Å². The first-order valence-electron chi connectivity index (χ1n) is 10.9. The third-order valence-corrected chi connectivity index (χ3v) is 5.69. The van der Waals surface area contributed by atoms with E-state index < -0.39 is 42.5 Å². The van der Waals surface area contributed by atoms with Crippen molar-refractivity contribution in [1.82, 2.24) is 9.88 Å². The predicted octanol–water partition coefficient (Wildman–Crippen LogP) is 6.09. The van der Waals surface area contributed by atoms with Crippen LogP contribution in [-0.2, 0) is 12.6 Å². The number of rotatable bonds is 4. The van der Waals surface area contributed by atoms with Crippen LogP contribution >= 0.6 is 0 Å². The normalized spacial score (nSPS) is 15.5. The zero-order valence-corrected chi connectivity index (χ0v) is 18.9. The van der Waals surface area contributed by atoms with Gasteiger partial charge in [-0.05, 0) is 41.3 Å². The van der Waals surface area contributed by atoms with Crippen LogP contribution in [0.4, 0.5) is 36.8 Å². The van der Waals surface area contributed by atoms with Crippen molar-refractivity contribution in [2.75, 3.05) is 18.5 Å². The minimum atomic E-state index is -4.63. The van der Waals surface area contributed by atoms with Gasteiger partial charge in [-0.1, -0.05) is 36.4 Å². The Morgan fingerprint density at radius 2 is 1.81 bits per heavy atom. The number of pyridine rings is 1. The molecule has 0 radical (unpaired) electrons. The largest absolute Gasteiger partial charge is 0.467 e. The second-order valence-electron chi connectivity index (χ2n) is 8.19. The van der Waals surface area contributed by atoms with Crippen LogP contribution in [0.3, 0.4) is 0 Å². The number of nitrogens with zero attached hydrogens (tertiary/aromatic N) is 3. The number of amides is 2. The summed E-state index contributed by atoms with van der Waals surface area (Å²) in [6.45, 7) is -1.40. The summed E-state index contributed by atoms with van der Waals surface area (Å²) in [6, 6.07) is 13.3. The SMILES string of the molecule is N#Cc1cc(NC(=O)N2CCc3ccccc3[C@H]2c2ccc(C(F)(F)F)cc2)cnc1OCC(F)(F)F. The molecule has 0 fully saturated rings. The van der Waals surface area contributed by atoms with Gasteiger partial charge in [0.1, 0.15) is 11.6 Å². The molecule has 1 N–H and O–H groups in total. The van der Waals surface area contributed by atoms with Crippen molar-refractivity contribution in [2.45, 2.75) is 24.8 Å². The second kappa shape index (κ2) is 10.0. The number of hydrogen-bond acceptors (Lipinski definition) is 4. The number of ether oxygens (including phenoxy) is 1. The first-order valence-corrected chi connectivity index (χ1v) is 10.9. The van der Waals surface area contributed by atoms with Crippen molar-refractivity contribution >= 4 is 11.7 Å². The van der Waals surface area contributed by atoms with E-state index in [4.69, 9.17) is 0 Å². The Morgan fingerprint density at radius 1 is 1.11 bits per heavy atom. The van der Waals surface area contributed by atoms with Gasteiger partial charge in [0.15, 0.2) is 6.61 Å². The Balaban J connectivity index is 1.61. The van der Waals surface area contributed by atoms with Crippen LogP contribution < -0.4 is 10.1 Å². The fraction of sp³-hybridized carbons (Fsp3) is 0.240. The smallest absolute Gasteiger partial charge is 0.422 e. The molecule has 192 valence electrons. The van der Waals surface area contributed by atoms with Crippen LogP contribution in [0.1, 0.15) is 33.9 Å². The highest BCUT2D eigenvalue weighted by atomic mass is 19.4. The molecule has 12 heteroatoms. The van der Waals surface area contributed by atoms with E-state index in [2.05, 4.69) is 15.0 Å². The highest BCUT2D eigenvalue weighted by Gasteiger charge is 2.34. The molecule has 0 unspecified atom stereocenters. The highest BCUT2D eigenvalue weighted by Crippen LogP contribution is 2.37. The van der Waals surface area contributed by atoms with E-state index in [9.17, 15) is 36.4 Å². The summed E-state index contributed by atoms with van der Waals surface area (Å²) in [7, 11) is 0. The number of anilines is 1. The molecular formula is C25H18F6N4O2. The number of nitrogens with one attached hydrogen (secondary N) is 1. The molecule has 4 rings (SSSR count). The van der Waals surface area contributed by atoms with Crippen LogP contribution in [0.5, 0.6) is 5.88 Å². The number of aromatic nitrogens is 1. The van der Waals surface area contributed by atoms with E-state index in [-0.39, 0.29) is 17.8 Å². The molecular weight excluding hydrogens is 502 g/mol. The number of nitriles is 1. The lowest BCUT2D eigenvalue weighted by Gasteiger charge is -2.37. The molecule has 0 spiro atoms. The van der Waals surface area contributed by atoms with Gasteiger partial charge in [-0.2, -0.15) is 31.6 Å². The van der Waals surface area contributed by atoms with Crippen LogP contribution in [0.15, 0.2) is 60.8 Å². The van der Waals surface area contributed by atoms with Crippen LogP contribution in [0, 0.1) is 11.3 Å². The van der Waals surface area contributed by atoms with E-state index in [0.29, 0.717) is 12.0 Å². The number of urea groups is 1. The molecule has 2 aromatic carbocycles. The molecule has 37 heavy (non-hydrogen) atoms. The third-order valence-electron chi connectivity index (χ3n) is 5.69. The third kappa shape index (κ3) is 5.94. The summed E-state index contributed by atoms with van der Waals surface area (Å²) in [5.41, 5.74) is 1.05. The molecule has 0 saturated carbocycles. The van der Waals surface area contributed by atoms with Crippen molar-refractivity contribution in [2.24, 2.45) is 0 Å². The van der Waals surface area contributed by atoms with Crippen molar-refractivity contribution < 1.29 is 35.9 Å². The van der Waals surface area contributed by atoms with Crippen LogP contribution in [-0.4, -0.2) is 35.2 Å². The lowest BCUT2D eigenvalue weighted by atomic mass is 9.88. The lowest BCUT2D eigenvalue weighted by molar-refractivity contribution is -0.154. The number of carbonyl (C=O) groups excluding carboxylic acids is 1. The minimum absolute atomic E-state index is 0.0333. The number of carbonyl (C=O) groups is 1. The summed E-state index contributed by atoms with van der Waals surface area (Å²) in [5.74, 6) is -0.535. The molecule has 2 amide bonds. The van der Waals surface area contributed by atoms with Gasteiger partial charge in [0.25, 0.3) is 0 Å². The average molecular weight is 520 g/mol. The van der Waals surface area contributed by atoms with Gasteiger partial charge in [0.2, 0.25) is 5.88 Å². The fourth-order valence-corrected chi connectivity index (χ4v) is 4.06. The Labute approximate surface area is 207 Å². The van der Waals surface area contributed by atoms with Gasteiger partial charge in [-0.15, -0.1) is 0 Å². The van der Waals surface area contributed by atoms with Crippen molar-refractivity contribution in [3.8, 4) is 11.9 Å². The highest BCUT2D eigenvalue weighted by molar-refractivity contribution is 5.90. The average Bonchev–Trinajstić information content (AvgIpc) is 2.86. The summed E-state index contributed by atoms with van der Waals surface area (Å²) >= 11 is 0. The van der Waals surface area contributed by atoms with Gasteiger partial charge >= 0.3 is 18.4 Å². The maximum atomic E-state index is 13.3. The summed E-state index contributed by atoms with van der Waals surface area (Å²) in [6.07, 6.45) is -7.59. The Hall–Kier alpha value is -4.27. The molecule has 3 aromatic rings. The minimum Gasteiger partial charge on any atom is -0.467 e. The predicted molar refractivity (Wildman–Crippen MR) is 120 cm³/mol. The molecule has 0 aliphatic carbocycles. The Kier molecular flexibility index (Phi) is 6.98. The van der Waals surface area contributed by atoms with Crippen LogP contribution in [0.2, 0.25) is 0 Å². The van der Waals surface area contributed by atoms with E-state index in [0.717, 1.165) is 35.5 Å². The summed E-state index contributed by atoms with van der Waals surface area (Å²) < 4.78 is 81.1. The molecule has 0 saturated heterocycles. The van der Waals surface area contributed by atoms with E-state index in [1.54, 1.807) is 18.2 Å². The molecule has 2 heterocycles. The fourth-order valence-electron chi connectivity index (χ4n) is 4.06. The first kappa shape index (κ1) is 25.8. The summed E-state index contributed by atoms with van der Waals surface area (Å²) in [5, 5.41) is 11.8. The van der Waals surface area contributed by atoms with Crippen molar-refractivity contribution in [3.63, 3.8) is 0 Å². The molecule has 0 bridgehead atoms. The summed E-state index contributed by atoms with van der Waals surface area (Å²) in [4.78, 5) is 18.4. The number of fused-ring (bicyclic) bond motifs is 1. The van der Waals surface area contributed by atoms with Gasteiger partial charge in [-0.3, -0.25) is 0 Å².